The Balaban J connectivity index is 2.12. The van der Waals surface area contributed by atoms with E-state index in [1.165, 1.54) is 17.3 Å². The maximum absolute atomic E-state index is 11.8. The summed E-state index contributed by atoms with van der Waals surface area (Å²) in [6.45, 7) is 9.57. The first-order chi connectivity index (χ1) is 10.3. The monoisotopic (exact) mass is 320 g/mol. The van der Waals surface area contributed by atoms with Gasteiger partial charge in [0.2, 0.25) is 5.16 Å². The van der Waals surface area contributed by atoms with Crippen molar-refractivity contribution in [3.8, 4) is 5.69 Å². The highest BCUT2D eigenvalue weighted by molar-refractivity contribution is 7.99. The summed E-state index contributed by atoms with van der Waals surface area (Å²) in [6.07, 6.45) is 0. The second-order valence-electron chi connectivity index (χ2n) is 6.04. The van der Waals surface area contributed by atoms with Gasteiger partial charge in [-0.1, -0.05) is 29.5 Å². The molecule has 118 valence electrons. The highest BCUT2D eigenvalue weighted by Crippen LogP contribution is 2.22. The molecular weight excluding hydrogens is 300 g/mol. The number of rotatable bonds is 4. The Hall–Kier alpha value is -1.89. The molecule has 0 amide bonds. The molecule has 0 N–H and O–H groups in total. The summed E-state index contributed by atoms with van der Waals surface area (Å²) in [5.74, 6) is -0.115. The van der Waals surface area contributed by atoms with Gasteiger partial charge in [-0.2, -0.15) is 4.68 Å². The Kier molecular flexibility index (Phi) is 4.85. The number of esters is 1. The van der Waals surface area contributed by atoms with Crippen LogP contribution in [0.2, 0.25) is 0 Å². The van der Waals surface area contributed by atoms with Crippen molar-refractivity contribution in [3.63, 3.8) is 0 Å². The number of hydrogen-bond acceptors (Lipinski definition) is 6. The summed E-state index contributed by atoms with van der Waals surface area (Å²) < 4.78 is 6.93. The third-order valence-electron chi connectivity index (χ3n) is 2.76. The van der Waals surface area contributed by atoms with Gasteiger partial charge in [0.25, 0.3) is 0 Å². The predicted molar refractivity (Wildman–Crippen MR) is 85.2 cm³/mol. The fraction of sp³-hybridized carbons (Fsp3) is 0.467. The van der Waals surface area contributed by atoms with Crippen LogP contribution in [0.4, 0.5) is 0 Å². The number of nitrogens with zero attached hydrogens (tertiary/aromatic N) is 4. The molecule has 6 nitrogen and oxygen atoms in total. The van der Waals surface area contributed by atoms with Crippen molar-refractivity contribution in [3.05, 3.63) is 29.3 Å². The average Bonchev–Trinajstić information content (AvgIpc) is 2.82. The van der Waals surface area contributed by atoms with E-state index < -0.39 is 5.60 Å². The standard InChI is InChI=1S/C15H20N4O2S/c1-10-6-7-12(11(2)8-10)19-14(16-17-18-19)22-9-13(20)21-15(3,4)5/h6-8H,9H2,1-5H3. The summed E-state index contributed by atoms with van der Waals surface area (Å²) in [6, 6.07) is 6.05. The van der Waals surface area contributed by atoms with Crippen LogP contribution in [-0.2, 0) is 9.53 Å². The molecule has 1 aromatic heterocycles. The number of aromatic nitrogens is 4. The molecule has 0 fully saturated rings. The van der Waals surface area contributed by atoms with Crippen molar-refractivity contribution < 1.29 is 9.53 Å². The molecule has 0 radical (unpaired) electrons. The predicted octanol–water partition coefficient (Wildman–Crippen LogP) is 2.71. The number of aryl methyl sites for hydroxylation is 2. The maximum atomic E-state index is 11.8. The third-order valence-corrected chi connectivity index (χ3v) is 3.65. The SMILES string of the molecule is Cc1ccc(-n2nnnc2SCC(=O)OC(C)(C)C)c(C)c1. The van der Waals surface area contributed by atoms with Gasteiger partial charge in [-0.05, 0) is 56.7 Å². The van der Waals surface area contributed by atoms with Crippen LogP contribution in [-0.4, -0.2) is 37.5 Å². The van der Waals surface area contributed by atoms with Crippen LogP contribution in [0.3, 0.4) is 0 Å². The number of tetrazole rings is 1. The van der Waals surface area contributed by atoms with Gasteiger partial charge in [0.1, 0.15) is 5.60 Å². The zero-order valence-corrected chi connectivity index (χ0v) is 14.3. The fourth-order valence-corrected chi connectivity index (χ4v) is 2.61. The van der Waals surface area contributed by atoms with Crippen molar-refractivity contribution >= 4 is 17.7 Å². The van der Waals surface area contributed by atoms with E-state index in [0.717, 1.165) is 11.3 Å². The number of ether oxygens (including phenoxy) is 1. The lowest BCUT2D eigenvalue weighted by Gasteiger charge is -2.19. The minimum atomic E-state index is -0.489. The lowest BCUT2D eigenvalue weighted by Crippen LogP contribution is -2.25. The summed E-state index contributed by atoms with van der Waals surface area (Å²) in [4.78, 5) is 11.8. The summed E-state index contributed by atoms with van der Waals surface area (Å²) in [7, 11) is 0. The first-order valence-electron chi connectivity index (χ1n) is 6.97. The summed E-state index contributed by atoms with van der Waals surface area (Å²) >= 11 is 1.26. The second-order valence-corrected chi connectivity index (χ2v) is 6.98. The van der Waals surface area contributed by atoms with Crippen molar-refractivity contribution in [1.29, 1.82) is 0 Å². The van der Waals surface area contributed by atoms with Crippen LogP contribution >= 0.6 is 11.8 Å². The molecule has 0 saturated carbocycles. The Morgan fingerprint density at radius 2 is 2.05 bits per heavy atom. The Labute approximate surface area is 134 Å². The number of carbonyl (C=O) groups excluding carboxylic acids is 1. The molecule has 1 heterocycles. The lowest BCUT2D eigenvalue weighted by molar-refractivity contribution is -0.151. The van der Waals surface area contributed by atoms with E-state index in [2.05, 4.69) is 21.6 Å². The van der Waals surface area contributed by atoms with Crippen LogP contribution in [0.15, 0.2) is 23.4 Å². The van der Waals surface area contributed by atoms with E-state index in [9.17, 15) is 4.79 Å². The minimum absolute atomic E-state index is 0.169. The van der Waals surface area contributed by atoms with Gasteiger partial charge in [-0.15, -0.1) is 5.10 Å². The number of benzene rings is 1. The van der Waals surface area contributed by atoms with Gasteiger partial charge in [0.05, 0.1) is 11.4 Å². The summed E-state index contributed by atoms with van der Waals surface area (Å²) in [5.41, 5.74) is 2.67. The largest absolute Gasteiger partial charge is 0.459 e. The first kappa shape index (κ1) is 16.5. The van der Waals surface area contributed by atoms with Crippen LogP contribution < -0.4 is 0 Å². The molecule has 0 aliphatic rings. The minimum Gasteiger partial charge on any atom is -0.459 e. The smallest absolute Gasteiger partial charge is 0.316 e. The molecule has 0 spiro atoms. The molecule has 0 bridgehead atoms. The Bertz CT molecular complexity index is 676. The molecule has 2 rings (SSSR count). The second kappa shape index (κ2) is 6.48. The zero-order chi connectivity index (χ0) is 16.3. The van der Waals surface area contributed by atoms with E-state index >= 15 is 0 Å². The molecule has 0 saturated heterocycles. The Morgan fingerprint density at radius 1 is 1.32 bits per heavy atom. The molecule has 0 atom stereocenters. The topological polar surface area (TPSA) is 69.9 Å². The van der Waals surface area contributed by atoms with Gasteiger partial charge < -0.3 is 4.74 Å². The number of thioether (sulfide) groups is 1. The first-order valence-corrected chi connectivity index (χ1v) is 7.95. The van der Waals surface area contributed by atoms with Crippen molar-refractivity contribution in [1.82, 2.24) is 20.2 Å². The number of hydrogen-bond donors (Lipinski definition) is 0. The van der Waals surface area contributed by atoms with Crippen molar-refractivity contribution in [2.45, 2.75) is 45.4 Å². The normalized spacial score (nSPS) is 11.5. The van der Waals surface area contributed by atoms with E-state index in [1.807, 2.05) is 46.8 Å². The quantitative estimate of drug-likeness (QED) is 0.637. The fourth-order valence-electron chi connectivity index (χ4n) is 1.96. The number of carbonyl (C=O) groups is 1. The third kappa shape index (κ3) is 4.30. The molecule has 2 aromatic rings. The van der Waals surface area contributed by atoms with Gasteiger partial charge >= 0.3 is 5.97 Å². The van der Waals surface area contributed by atoms with Gasteiger partial charge in [-0.3, -0.25) is 4.79 Å². The van der Waals surface area contributed by atoms with Crippen molar-refractivity contribution in [2.75, 3.05) is 5.75 Å². The summed E-state index contributed by atoms with van der Waals surface area (Å²) in [5, 5.41) is 12.3. The van der Waals surface area contributed by atoms with E-state index in [4.69, 9.17) is 4.74 Å². The van der Waals surface area contributed by atoms with Gasteiger partial charge in [0.15, 0.2) is 0 Å². The highest BCUT2D eigenvalue weighted by atomic mass is 32.2. The Morgan fingerprint density at radius 3 is 2.68 bits per heavy atom. The van der Waals surface area contributed by atoms with E-state index in [0.29, 0.717) is 5.16 Å². The van der Waals surface area contributed by atoms with Crippen molar-refractivity contribution in [2.24, 2.45) is 0 Å². The highest BCUT2D eigenvalue weighted by Gasteiger charge is 2.18. The lowest BCUT2D eigenvalue weighted by atomic mass is 10.1. The maximum Gasteiger partial charge on any atom is 0.316 e. The molecule has 22 heavy (non-hydrogen) atoms. The molecular formula is C15H20N4O2S. The van der Waals surface area contributed by atoms with Crippen LogP contribution in [0.5, 0.6) is 0 Å². The average molecular weight is 320 g/mol. The zero-order valence-electron chi connectivity index (χ0n) is 13.5. The van der Waals surface area contributed by atoms with Gasteiger partial charge in [0, 0.05) is 0 Å². The van der Waals surface area contributed by atoms with E-state index in [-0.39, 0.29) is 11.7 Å². The van der Waals surface area contributed by atoms with E-state index in [1.54, 1.807) is 4.68 Å². The molecule has 0 aliphatic carbocycles. The molecule has 7 heteroatoms. The molecule has 0 aliphatic heterocycles. The van der Waals surface area contributed by atoms with Crippen LogP contribution in [0.25, 0.3) is 5.69 Å². The molecule has 1 aromatic carbocycles. The van der Waals surface area contributed by atoms with Crippen LogP contribution in [0.1, 0.15) is 31.9 Å². The molecule has 0 unspecified atom stereocenters. The van der Waals surface area contributed by atoms with Crippen LogP contribution in [0, 0.1) is 13.8 Å². The van der Waals surface area contributed by atoms with Gasteiger partial charge in [-0.25, -0.2) is 0 Å².